The standard InChI is InChI=1S/C48H44N2OSi/c1-29(2)37-26-34(31-15-9-8-10-16-31)27-38(30(3)4)46(37)50-42-20-14-13-19-41(42)49-48(50)36-23-24-44(52(5,6)7)45-40-25-33-22-21-32-17-11-12-18-35(32)39(33)28-43(40)51-47(36)45/h8-30H,1-7H3. The van der Waals surface area contributed by atoms with Crippen molar-refractivity contribution in [3.8, 4) is 28.2 Å². The molecule has 9 aromatic rings. The van der Waals surface area contributed by atoms with Crippen molar-refractivity contribution in [2.45, 2.75) is 59.2 Å². The summed E-state index contributed by atoms with van der Waals surface area (Å²) in [5, 5.41) is 8.75. The summed E-state index contributed by atoms with van der Waals surface area (Å²) < 4.78 is 9.56. The van der Waals surface area contributed by atoms with Gasteiger partial charge in [-0.3, -0.25) is 4.57 Å². The Labute approximate surface area is 306 Å². The van der Waals surface area contributed by atoms with Crippen LogP contribution in [0.25, 0.3) is 82.7 Å². The first kappa shape index (κ1) is 32.5. The van der Waals surface area contributed by atoms with Crippen LogP contribution in [0.3, 0.4) is 0 Å². The zero-order valence-corrected chi connectivity index (χ0v) is 32.1. The van der Waals surface area contributed by atoms with E-state index in [-0.39, 0.29) is 11.8 Å². The van der Waals surface area contributed by atoms with E-state index in [1.54, 1.807) is 0 Å². The third-order valence-corrected chi connectivity index (χ3v) is 12.9. The second-order valence-corrected chi connectivity index (χ2v) is 21.1. The highest BCUT2D eigenvalue weighted by atomic mass is 28.3. The smallest absolute Gasteiger partial charge is 0.149 e. The first-order chi connectivity index (χ1) is 25.1. The molecule has 2 heterocycles. The molecule has 0 unspecified atom stereocenters. The maximum Gasteiger partial charge on any atom is 0.149 e. The molecule has 0 fully saturated rings. The molecule has 9 rings (SSSR count). The largest absolute Gasteiger partial charge is 0.455 e. The van der Waals surface area contributed by atoms with E-state index in [0.29, 0.717) is 0 Å². The molecular weight excluding hydrogens is 649 g/mol. The van der Waals surface area contributed by atoms with E-state index >= 15 is 0 Å². The number of benzene rings is 7. The number of para-hydroxylation sites is 2. The maximum atomic E-state index is 7.12. The molecule has 52 heavy (non-hydrogen) atoms. The highest BCUT2D eigenvalue weighted by Crippen LogP contribution is 2.43. The third kappa shape index (κ3) is 5.11. The number of rotatable bonds is 6. The Morgan fingerprint density at radius 1 is 0.596 bits per heavy atom. The summed E-state index contributed by atoms with van der Waals surface area (Å²) in [5.41, 5.74) is 11.3. The minimum Gasteiger partial charge on any atom is -0.455 e. The molecule has 0 spiro atoms. The van der Waals surface area contributed by atoms with Gasteiger partial charge in [-0.2, -0.15) is 0 Å². The summed E-state index contributed by atoms with van der Waals surface area (Å²) >= 11 is 0. The number of fused-ring (bicyclic) bond motifs is 7. The van der Waals surface area contributed by atoms with Crippen LogP contribution in [-0.4, -0.2) is 17.6 Å². The predicted octanol–water partition coefficient (Wildman–Crippen LogP) is 13.4. The zero-order valence-electron chi connectivity index (χ0n) is 31.1. The summed E-state index contributed by atoms with van der Waals surface area (Å²) in [6.07, 6.45) is 0. The number of aromatic nitrogens is 2. The summed E-state index contributed by atoms with van der Waals surface area (Å²) in [4.78, 5) is 5.46. The average molecular weight is 693 g/mol. The molecule has 0 atom stereocenters. The van der Waals surface area contributed by atoms with Gasteiger partial charge in [0.1, 0.15) is 17.0 Å². The molecular formula is C48H44N2OSi. The number of furan rings is 1. The Morgan fingerprint density at radius 2 is 1.27 bits per heavy atom. The summed E-state index contributed by atoms with van der Waals surface area (Å²) in [6, 6.07) is 46.6. The highest BCUT2D eigenvalue weighted by Gasteiger charge is 2.29. The van der Waals surface area contributed by atoms with Crippen LogP contribution in [0, 0.1) is 0 Å². The summed E-state index contributed by atoms with van der Waals surface area (Å²) in [5.74, 6) is 1.49. The fourth-order valence-electron chi connectivity index (χ4n) is 8.23. The lowest BCUT2D eigenvalue weighted by Crippen LogP contribution is -2.38. The van der Waals surface area contributed by atoms with Crippen LogP contribution in [0.4, 0.5) is 0 Å². The molecule has 0 amide bonds. The first-order valence-corrected chi connectivity index (χ1v) is 22.1. The predicted molar refractivity (Wildman–Crippen MR) is 225 cm³/mol. The van der Waals surface area contributed by atoms with Crippen molar-refractivity contribution in [3.63, 3.8) is 0 Å². The maximum absolute atomic E-state index is 7.12. The van der Waals surface area contributed by atoms with E-state index in [9.17, 15) is 0 Å². The van der Waals surface area contributed by atoms with Gasteiger partial charge in [0.05, 0.1) is 30.4 Å². The molecule has 256 valence electrons. The van der Waals surface area contributed by atoms with Crippen LogP contribution in [-0.2, 0) is 0 Å². The van der Waals surface area contributed by atoms with Crippen molar-refractivity contribution < 1.29 is 4.42 Å². The molecule has 4 heteroatoms. The van der Waals surface area contributed by atoms with Crippen LogP contribution in [0.1, 0.15) is 50.7 Å². The van der Waals surface area contributed by atoms with Gasteiger partial charge >= 0.3 is 0 Å². The molecule has 2 aromatic heterocycles. The van der Waals surface area contributed by atoms with Gasteiger partial charge < -0.3 is 4.42 Å². The van der Waals surface area contributed by atoms with Crippen molar-refractivity contribution in [1.29, 1.82) is 0 Å². The average Bonchev–Trinajstić information content (AvgIpc) is 3.71. The molecule has 0 radical (unpaired) electrons. The Bertz CT molecular complexity index is 2800. The van der Waals surface area contributed by atoms with Crippen molar-refractivity contribution in [1.82, 2.24) is 9.55 Å². The molecule has 0 aliphatic carbocycles. The Balaban J connectivity index is 1.40. The van der Waals surface area contributed by atoms with E-state index in [0.717, 1.165) is 33.6 Å². The Kier molecular flexibility index (Phi) is 7.53. The van der Waals surface area contributed by atoms with Gasteiger partial charge in [-0.25, -0.2) is 4.98 Å². The molecule has 0 N–H and O–H groups in total. The van der Waals surface area contributed by atoms with E-state index in [4.69, 9.17) is 9.40 Å². The van der Waals surface area contributed by atoms with Gasteiger partial charge in [-0.15, -0.1) is 0 Å². The fraction of sp³-hybridized carbons (Fsp3) is 0.188. The number of imidazole rings is 1. The lowest BCUT2D eigenvalue weighted by Gasteiger charge is -2.25. The van der Waals surface area contributed by atoms with Crippen molar-refractivity contribution >= 4 is 67.8 Å². The summed E-state index contributed by atoms with van der Waals surface area (Å²) in [7, 11) is -1.80. The van der Waals surface area contributed by atoms with Gasteiger partial charge in [0.15, 0.2) is 0 Å². The Morgan fingerprint density at radius 3 is 2.00 bits per heavy atom. The third-order valence-electron chi connectivity index (χ3n) is 10.8. The topological polar surface area (TPSA) is 31.0 Å². The SMILES string of the molecule is CC(C)c1cc(-c2ccccc2)cc(C(C)C)c1-n1c(-c2ccc([Si](C)(C)C)c3c2oc2cc4c(ccc5ccccc54)cc23)nc2ccccc21. The van der Waals surface area contributed by atoms with Crippen LogP contribution in [0.2, 0.25) is 19.6 Å². The molecule has 0 bridgehead atoms. The molecule has 3 nitrogen and oxygen atoms in total. The second-order valence-electron chi connectivity index (χ2n) is 16.0. The lowest BCUT2D eigenvalue weighted by atomic mass is 9.88. The number of nitrogens with zero attached hydrogens (tertiary/aromatic N) is 2. The lowest BCUT2D eigenvalue weighted by molar-refractivity contribution is 0.670. The van der Waals surface area contributed by atoms with Gasteiger partial charge in [0.2, 0.25) is 0 Å². The summed E-state index contributed by atoms with van der Waals surface area (Å²) in [6.45, 7) is 16.5. The minimum atomic E-state index is -1.80. The normalized spacial score (nSPS) is 12.5. The monoisotopic (exact) mass is 692 g/mol. The van der Waals surface area contributed by atoms with Crippen LogP contribution >= 0.6 is 0 Å². The zero-order chi connectivity index (χ0) is 35.9. The minimum absolute atomic E-state index is 0.285. The van der Waals surface area contributed by atoms with Crippen LogP contribution in [0.5, 0.6) is 0 Å². The van der Waals surface area contributed by atoms with Crippen molar-refractivity contribution in [2.24, 2.45) is 0 Å². The van der Waals surface area contributed by atoms with Gasteiger partial charge in [0.25, 0.3) is 0 Å². The van der Waals surface area contributed by atoms with Crippen molar-refractivity contribution in [2.75, 3.05) is 0 Å². The number of hydrogen-bond donors (Lipinski definition) is 0. The van der Waals surface area contributed by atoms with Crippen LogP contribution in [0.15, 0.2) is 132 Å². The quantitative estimate of drug-likeness (QED) is 0.128. The van der Waals surface area contributed by atoms with Gasteiger partial charge in [-0.1, -0.05) is 132 Å². The van der Waals surface area contributed by atoms with Gasteiger partial charge in [0, 0.05) is 10.8 Å². The fourth-order valence-corrected chi connectivity index (χ4v) is 9.81. The number of hydrogen-bond acceptors (Lipinski definition) is 2. The molecule has 0 aliphatic heterocycles. The molecule has 7 aromatic carbocycles. The van der Waals surface area contributed by atoms with Crippen LogP contribution < -0.4 is 5.19 Å². The van der Waals surface area contributed by atoms with E-state index < -0.39 is 8.07 Å². The van der Waals surface area contributed by atoms with E-state index in [2.05, 4.69) is 179 Å². The first-order valence-electron chi connectivity index (χ1n) is 18.6. The van der Waals surface area contributed by atoms with E-state index in [1.807, 2.05) is 0 Å². The highest BCUT2D eigenvalue weighted by molar-refractivity contribution is 6.90. The molecule has 0 saturated carbocycles. The van der Waals surface area contributed by atoms with Crippen molar-refractivity contribution in [3.05, 3.63) is 139 Å². The molecule has 0 saturated heterocycles. The van der Waals surface area contributed by atoms with Gasteiger partial charge in [-0.05, 0) is 103 Å². The molecule has 0 aliphatic rings. The van der Waals surface area contributed by atoms with E-state index in [1.165, 1.54) is 65.4 Å². The second kappa shape index (κ2) is 12.1. The Hall–Kier alpha value is -5.45.